The Labute approximate surface area is 79.3 Å². The Bertz CT molecular complexity index is 196. The molecule has 0 aromatic carbocycles. The highest BCUT2D eigenvalue weighted by Gasteiger charge is 2.11. The molecule has 0 spiro atoms. The lowest BCUT2D eigenvalue weighted by atomic mass is 10.1. The Morgan fingerprint density at radius 3 is 2.67 bits per heavy atom. The molecule has 0 bridgehead atoms. The van der Waals surface area contributed by atoms with Gasteiger partial charge >= 0.3 is 0 Å². The van der Waals surface area contributed by atoms with Gasteiger partial charge in [0.15, 0.2) is 0 Å². The van der Waals surface area contributed by atoms with Crippen LogP contribution in [0.2, 0.25) is 0 Å². The van der Waals surface area contributed by atoms with Crippen molar-refractivity contribution in [2.45, 2.75) is 32.8 Å². The van der Waals surface area contributed by atoms with Crippen LogP contribution in [-0.2, 0) is 0 Å². The molecule has 0 heterocycles. The second kappa shape index (κ2) is 6.16. The lowest BCUT2D eigenvalue weighted by molar-refractivity contribution is 0.118. The zero-order valence-electron chi connectivity index (χ0n) is 7.92. The summed E-state index contributed by atoms with van der Waals surface area (Å²) in [7, 11) is 0. The second-order valence-electron chi connectivity index (χ2n) is 2.65. The highest BCUT2D eigenvalue weighted by molar-refractivity contribution is 8.02. The van der Waals surface area contributed by atoms with E-state index < -0.39 is 5.60 Å². The molecule has 1 unspecified atom stereocenters. The summed E-state index contributed by atoms with van der Waals surface area (Å²) >= 11 is 1.70. The van der Waals surface area contributed by atoms with Crippen LogP contribution in [0.4, 0.5) is 0 Å². The molecule has 2 heteroatoms. The lowest BCUT2D eigenvalue weighted by Crippen LogP contribution is -2.19. The van der Waals surface area contributed by atoms with E-state index in [1.807, 2.05) is 12.3 Å². The Morgan fingerprint density at radius 1 is 1.50 bits per heavy atom. The molecule has 0 aromatic rings. The average molecular weight is 184 g/mol. The smallest absolute Gasteiger partial charge is 0.122 e. The summed E-state index contributed by atoms with van der Waals surface area (Å²) in [5, 5.41) is 11.4. The maximum absolute atomic E-state index is 9.47. The van der Waals surface area contributed by atoms with Gasteiger partial charge < -0.3 is 5.11 Å². The second-order valence-corrected chi connectivity index (χ2v) is 3.84. The minimum atomic E-state index is -0.832. The van der Waals surface area contributed by atoms with Crippen LogP contribution in [0, 0.1) is 11.8 Å². The third-order valence-electron chi connectivity index (χ3n) is 1.44. The lowest BCUT2D eigenvalue weighted by Gasteiger charge is -2.11. The first-order valence-corrected chi connectivity index (χ1v) is 5.19. The number of allylic oxidation sites excluding steroid dienone is 1. The quantitative estimate of drug-likeness (QED) is 0.680. The van der Waals surface area contributed by atoms with E-state index in [9.17, 15) is 5.11 Å². The van der Waals surface area contributed by atoms with Gasteiger partial charge in [-0.1, -0.05) is 25.7 Å². The number of hydrogen-bond donors (Lipinski definition) is 1. The van der Waals surface area contributed by atoms with Gasteiger partial charge in [-0.3, -0.25) is 0 Å². The zero-order chi connectivity index (χ0) is 9.45. The first kappa shape index (κ1) is 11.6. The summed E-state index contributed by atoms with van der Waals surface area (Å²) < 4.78 is 0. The molecule has 12 heavy (non-hydrogen) atoms. The molecule has 1 N–H and O–H groups in total. The van der Waals surface area contributed by atoms with Gasteiger partial charge in [0.05, 0.1) is 0 Å². The van der Waals surface area contributed by atoms with Crippen LogP contribution in [0.25, 0.3) is 0 Å². The van der Waals surface area contributed by atoms with Gasteiger partial charge in [0, 0.05) is 0 Å². The van der Waals surface area contributed by atoms with Crippen LogP contribution in [0.5, 0.6) is 0 Å². The highest BCUT2D eigenvalue weighted by Crippen LogP contribution is 2.05. The van der Waals surface area contributed by atoms with Crippen molar-refractivity contribution >= 4 is 11.8 Å². The minimum absolute atomic E-state index is 0.661. The molecule has 0 aromatic heterocycles. The summed E-state index contributed by atoms with van der Waals surface area (Å²) in [4.78, 5) is 0. The maximum Gasteiger partial charge on any atom is 0.122 e. The molecule has 0 amide bonds. The van der Waals surface area contributed by atoms with Gasteiger partial charge in [0.2, 0.25) is 0 Å². The summed E-state index contributed by atoms with van der Waals surface area (Å²) in [5.41, 5.74) is -0.832. The maximum atomic E-state index is 9.47. The number of hydrogen-bond acceptors (Lipinski definition) is 2. The van der Waals surface area contributed by atoms with E-state index in [4.69, 9.17) is 0 Å². The molecule has 0 saturated carbocycles. The molecule has 0 rings (SSSR count). The van der Waals surface area contributed by atoms with Crippen molar-refractivity contribution in [2.24, 2.45) is 0 Å². The molecular formula is C10H16OS. The van der Waals surface area contributed by atoms with Crippen molar-refractivity contribution in [3.63, 3.8) is 0 Å². The van der Waals surface area contributed by atoms with Gasteiger partial charge in [0.1, 0.15) is 5.60 Å². The first-order chi connectivity index (χ1) is 5.62. The van der Waals surface area contributed by atoms with Crippen molar-refractivity contribution in [1.82, 2.24) is 0 Å². The van der Waals surface area contributed by atoms with Gasteiger partial charge in [-0.15, -0.1) is 11.8 Å². The van der Waals surface area contributed by atoms with Gasteiger partial charge in [-0.25, -0.2) is 0 Å². The van der Waals surface area contributed by atoms with Crippen LogP contribution < -0.4 is 0 Å². The molecule has 1 atom stereocenters. The molecule has 0 fully saturated rings. The Morgan fingerprint density at radius 2 is 2.17 bits per heavy atom. The number of thioether (sulfide) groups is 1. The van der Waals surface area contributed by atoms with E-state index in [1.165, 1.54) is 0 Å². The largest absolute Gasteiger partial charge is 0.378 e. The molecule has 0 radical (unpaired) electrons. The SMILES string of the molecule is CCS/C=C/C#CC(C)(O)CC. The Hall–Kier alpha value is -0.390. The fraction of sp³-hybridized carbons (Fsp3) is 0.600. The van der Waals surface area contributed by atoms with Crippen LogP contribution in [0.1, 0.15) is 27.2 Å². The predicted molar refractivity (Wildman–Crippen MR) is 56.0 cm³/mol. The third-order valence-corrected chi connectivity index (χ3v) is 2.11. The molecule has 68 valence electrons. The standard InChI is InChI=1S/C10H16OS/c1-4-10(3,11)8-6-7-9-12-5-2/h7,9,11H,4-5H2,1-3H3/b9-7+. The average Bonchev–Trinajstić information content (AvgIpc) is 2.04. The van der Waals surface area contributed by atoms with Crippen molar-refractivity contribution in [3.8, 4) is 11.8 Å². The fourth-order valence-corrected chi connectivity index (χ4v) is 0.821. The molecule has 0 saturated heterocycles. The monoisotopic (exact) mass is 184 g/mol. The van der Waals surface area contributed by atoms with Crippen LogP contribution in [0.3, 0.4) is 0 Å². The zero-order valence-corrected chi connectivity index (χ0v) is 8.74. The van der Waals surface area contributed by atoms with Gasteiger partial charge in [0.25, 0.3) is 0 Å². The highest BCUT2D eigenvalue weighted by atomic mass is 32.2. The van der Waals surface area contributed by atoms with E-state index in [2.05, 4.69) is 18.8 Å². The molecule has 0 aliphatic carbocycles. The van der Waals surface area contributed by atoms with Crippen LogP contribution >= 0.6 is 11.8 Å². The number of rotatable bonds is 3. The van der Waals surface area contributed by atoms with E-state index in [0.29, 0.717) is 6.42 Å². The number of aliphatic hydroxyl groups is 1. The Kier molecular flexibility index (Phi) is 5.96. The summed E-state index contributed by atoms with van der Waals surface area (Å²) in [6.45, 7) is 5.73. The third kappa shape index (κ3) is 6.33. The summed E-state index contributed by atoms with van der Waals surface area (Å²) in [5.74, 6) is 6.64. The van der Waals surface area contributed by atoms with Gasteiger partial charge in [-0.2, -0.15) is 0 Å². The molecular weight excluding hydrogens is 168 g/mol. The fourth-order valence-electron chi connectivity index (χ4n) is 0.464. The first-order valence-electron chi connectivity index (χ1n) is 4.14. The summed E-state index contributed by atoms with van der Waals surface area (Å²) in [6.07, 6.45) is 2.44. The normalized spacial score (nSPS) is 15.3. The van der Waals surface area contributed by atoms with Crippen molar-refractivity contribution in [1.29, 1.82) is 0 Å². The predicted octanol–water partition coefficient (Wildman–Crippen LogP) is 2.42. The van der Waals surface area contributed by atoms with Crippen LogP contribution in [0.15, 0.2) is 11.5 Å². The molecule has 0 aliphatic heterocycles. The topological polar surface area (TPSA) is 20.2 Å². The molecule has 1 nitrogen and oxygen atoms in total. The van der Waals surface area contributed by atoms with Crippen molar-refractivity contribution < 1.29 is 5.11 Å². The Balaban J connectivity index is 3.87. The van der Waals surface area contributed by atoms with Gasteiger partial charge in [-0.05, 0) is 30.6 Å². The van der Waals surface area contributed by atoms with E-state index in [1.54, 1.807) is 24.8 Å². The van der Waals surface area contributed by atoms with Crippen molar-refractivity contribution in [3.05, 3.63) is 11.5 Å². The van der Waals surface area contributed by atoms with Crippen molar-refractivity contribution in [2.75, 3.05) is 5.75 Å². The van der Waals surface area contributed by atoms with E-state index in [0.717, 1.165) is 5.75 Å². The summed E-state index contributed by atoms with van der Waals surface area (Å²) in [6, 6.07) is 0. The van der Waals surface area contributed by atoms with E-state index >= 15 is 0 Å². The van der Waals surface area contributed by atoms with E-state index in [-0.39, 0.29) is 0 Å². The van der Waals surface area contributed by atoms with Crippen LogP contribution in [-0.4, -0.2) is 16.5 Å². The molecule has 0 aliphatic rings. The minimum Gasteiger partial charge on any atom is -0.378 e.